The molecule has 8 heavy (non-hydrogen) atoms. The third-order valence-electron chi connectivity index (χ3n) is 1.00. The summed E-state index contributed by atoms with van der Waals surface area (Å²) >= 11 is 0. The summed E-state index contributed by atoms with van der Waals surface area (Å²) in [4.78, 5) is 7.65. The van der Waals surface area contributed by atoms with Crippen molar-refractivity contribution in [1.29, 1.82) is 0 Å². The number of hydrogen-bond donors (Lipinski definition) is 0. The second-order valence-corrected chi connectivity index (χ2v) is 1.65. The number of hydrogen-bond acceptors (Lipinski definition) is 2. The van der Waals surface area contributed by atoms with Gasteiger partial charge in [0.1, 0.15) is 18.5 Å². The zero-order valence-corrected chi connectivity index (χ0v) is 4.76. The standard InChI is InChI=1S/C6H7N2/c1-5-3-7-4-8-6(5)2/h3-4H,2H2,1H3/q+1. The van der Waals surface area contributed by atoms with Gasteiger partial charge in [0, 0.05) is 6.92 Å². The molecule has 0 N–H and O–H groups in total. The molecule has 2 nitrogen and oxygen atoms in total. The van der Waals surface area contributed by atoms with Gasteiger partial charge in [-0.3, -0.25) is 0 Å². The molecule has 0 radical (unpaired) electrons. The van der Waals surface area contributed by atoms with E-state index < -0.39 is 0 Å². The van der Waals surface area contributed by atoms with Crippen molar-refractivity contribution in [1.82, 2.24) is 0 Å². The molecule has 0 fully saturated rings. The van der Waals surface area contributed by atoms with Crippen LogP contribution in [0.25, 0.3) is 0 Å². The van der Waals surface area contributed by atoms with Crippen LogP contribution in [0.5, 0.6) is 0 Å². The minimum atomic E-state index is 0.806. The Bertz CT molecular complexity index is 156. The Morgan fingerprint density at radius 1 is 1.75 bits per heavy atom. The van der Waals surface area contributed by atoms with Crippen LogP contribution in [0.4, 0.5) is 0 Å². The summed E-state index contributed by atoms with van der Waals surface area (Å²) in [7, 11) is 0. The zero-order chi connectivity index (χ0) is 5.98. The molecule has 0 aliphatic carbocycles. The van der Waals surface area contributed by atoms with Gasteiger partial charge in [-0.25, -0.2) is 4.99 Å². The predicted octanol–water partition coefficient (Wildman–Crippen LogP) is 1.21. The van der Waals surface area contributed by atoms with Crippen molar-refractivity contribution in [2.45, 2.75) is 6.92 Å². The second kappa shape index (κ2) is 1.82. The summed E-state index contributed by atoms with van der Waals surface area (Å²) in [5.74, 6) is 1.03. The largest absolute Gasteiger partial charge is 0.223 e. The first-order chi connectivity index (χ1) is 3.80. The molecule has 0 spiro atoms. The van der Waals surface area contributed by atoms with Crippen LogP contribution in [-0.4, -0.2) is 12.6 Å². The van der Waals surface area contributed by atoms with E-state index in [1.54, 1.807) is 6.21 Å². The topological polar surface area (TPSA) is 24.7 Å². The second-order valence-electron chi connectivity index (χ2n) is 1.65. The average Bonchev–Trinajstić information content (AvgIpc) is 1.77. The predicted molar refractivity (Wildman–Crippen MR) is 35.0 cm³/mol. The molecule has 1 aliphatic rings. The highest BCUT2D eigenvalue weighted by Gasteiger charge is 2.12. The Morgan fingerprint density at radius 2 is 2.50 bits per heavy atom. The molecule has 0 aromatic rings. The number of aliphatic imine (C=N–C) groups is 2. The highest BCUT2D eigenvalue weighted by atomic mass is 14.9. The van der Waals surface area contributed by atoms with Crippen LogP contribution in [0.15, 0.2) is 22.3 Å². The molecular weight excluding hydrogens is 100 g/mol. The number of nitrogens with zero attached hydrogens (tertiary/aromatic N) is 2. The Kier molecular flexibility index (Phi) is 1.16. The molecule has 0 atom stereocenters. The van der Waals surface area contributed by atoms with Gasteiger partial charge in [-0.2, -0.15) is 4.99 Å². The van der Waals surface area contributed by atoms with Gasteiger partial charge in [-0.15, -0.1) is 0 Å². The molecule has 1 rings (SSSR count). The molecule has 0 aromatic carbocycles. The van der Waals surface area contributed by atoms with Gasteiger partial charge in [-0.05, 0) is 0 Å². The molecule has 0 unspecified atom stereocenters. The van der Waals surface area contributed by atoms with Crippen molar-refractivity contribution in [2.24, 2.45) is 9.98 Å². The fraction of sp³-hybridized carbons (Fsp3) is 0.167. The van der Waals surface area contributed by atoms with E-state index in [0.29, 0.717) is 0 Å². The van der Waals surface area contributed by atoms with Gasteiger partial charge in [-0.1, -0.05) is 0 Å². The van der Waals surface area contributed by atoms with Gasteiger partial charge in [0.15, 0.2) is 0 Å². The fourth-order valence-corrected chi connectivity index (χ4v) is 0.424. The van der Waals surface area contributed by atoms with E-state index in [0.717, 1.165) is 11.6 Å². The smallest absolute Gasteiger partial charge is 0.222 e. The average molecular weight is 107 g/mol. The molecule has 0 amide bonds. The third kappa shape index (κ3) is 0.780. The summed E-state index contributed by atoms with van der Waals surface area (Å²) < 4.78 is 0. The summed E-state index contributed by atoms with van der Waals surface area (Å²) in [5.41, 5.74) is 0.806. The minimum absolute atomic E-state index is 0.806. The van der Waals surface area contributed by atoms with Crippen molar-refractivity contribution in [3.8, 4) is 0 Å². The van der Waals surface area contributed by atoms with E-state index in [1.165, 1.54) is 6.34 Å². The SMILES string of the molecule is C=C1N=CN=C[C+]1C. The van der Waals surface area contributed by atoms with E-state index in [2.05, 4.69) is 16.6 Å². The maximum Gasteiger partial charge on any atom is 0.223 e. The normalized spacial score (nSPS) is 17.6. The highest BCUT2D eigenvalue weighted by Crippen LogP contribution is 2.10. The van der Waals surface area contributed by atoms with Crippen molar-refractivity contribution in [3.63, 3.8) is 0 Å². The summed E-state index contributed by atoms with van der Waals surface area (Å²) in [6, 6.07) is 0. The first-order valence-electron chi connectivity index (χ1n) is 2.39. The lowest BCUT2D eigenvalue weighted by Crippen LogP contribution is -1.98. The molecule has 1 heterocycles. The highest BCUT2D eigenvalue weighted by molar-refractivity contribution is 5.88. The van der Waals surface area contributed by atoms with Crippen molar-refractivity contribution in [2.75, 3.05) is 0 Å². The molecule has 0 saturated heterocycles. The molecular formula is C6H7N2+. The van der Waals surface area contributed by atoms with E-state index >= 15 is 0 Å². The molecule has 40 valence electrons. The first-order valence-corrected chi connectivity index (χ1v) is 2.39. The van der Waals surface area contributed by atoms with E-state index in [-0.39, 0.29) is 0 Å². The quantitative estimate of drug-likeness (QED) is 0.416. The molecule has 0 bridgehead atoms. The minimum Gasteiger partial charge on any atom is -0.222 e. The van der Waals surface area contributed by atoms with Crippen LogP contribution in [0, 0.1) is 5.92 Å². The van der Waals surface area contributed by atoms with Gasteiger partial charge < -0.3 is 0 Å². The fourth-order valence-electron chi connectivity index (χ4n) is 0.424. The van der Waals surface area contributed by atoms with Gasteiger partial charge in [0.2, 0.25) is 5.70 Å². The van der Waals surface area contributed by atoms with Crippen LogP contribution in [0.1, 0.15) is 6.92 Å². The lowest BCUT2D eigenvalue weighted by atomic mass is 10.1. The molecule has 0 saturated carbocycles. The lowest BCUT2D eigenvalue weighted by molar-refractivity contribution is 1.21. The summed E-state index contributed by atoms with van der Waals surface area (Å²) in [6.07, 6.45) is 3.24. The lowest BCUT2D eigenvalue weighted by Gasteiger charge is -1.95. The number of rotatable bonds is 0. The van der Waals surface area contributed by atoms with Crippen molar-refractivity contribution in [3.05, 3.63) is 18.2 Å². The maximum atomic E-state index is 3.86. The monoisotopic (exact) mass is 107 g/mol. The van der Waals surface area contributed by atoms with E-state index in [4.69, 9.17) is 0 Å². The summed E-state index contributed by atoms with van der Waals surface area (Å²) in [5, 5.41) is 0. The van der Waals surface area contributed by atoms with Crippen LogP contribution < -0.4 is 0 Å². The van der Waals surface area contributed by atoms with Crippen LogP contribution in [0.2, 0.25) is 0 Å². The maximum absolute atomic E-state index is 3.86. The Labute approximate surface area is 48.7 Å². The van der Waals surface area contributed by atoms with Gasteiger partial charge >= 0.3 is 0 Å². The van der Waals surface area contributed by atoms with E-state index in [9.17, 15) is 0 Å². The Balaban J connectivity index is 2.74. The van der Waals surface area contributed by atoms with Crippen molar-refractivity contribution < 1.29 is 0 Å². The first kappa shape index (κ1) is 5.09. The number of allylic oxidation sites excluding steroid dienone is 1. The van der Waals surface area contributed by atoms with Crippen LogP contribution in [0.3, 0.4) is 0 Å². The Hall–Kier alpha value is -1.05. The third-order valence-corrected chi connectivity index (χ3v) is 1.00. The van der Waals surface area contributed by atoms with Crippen LogP contribution in [-0.2, 0) is 0 Å². The zero-order valence-electron chi connectivity index (χ0n) is 4.76. The van der Waals surface area contributed by atoms with Crippen LogP contribution >= 0.6 is 0 Å². The molecule has 1 aliphatic heterocycles. The van der Waals surface area contributed by atoms with Gasteiger partial charge in [0.25, 0.3) is 0 Å². The van der Waals surface area contributed by atoms with E-state index in [1.807, 2.05) is 6.92 Å². The molecule has 2 heteroatoms. The van der Waals surface area contributed by atoms with Crippen molar-refractivity contribution >= 4 is 12.6 Å². The summed E-state index contributed by atoms with van der Waals surface area (Å²) in [6.45, 7) is 5.60. The van der Waals surface area contributed by atoms with Gasteiger partial charge in [0.05, 0.1) is 6.58 Å². The molecule has 0 aromatic heterocycles. The Morgan fingerprint density at radius 3 is 2.88 bits per heavy atom.